The van der Waals surface area contributed by atoms with Gasteiger partial charge in [-0.2, -0.15) is 13.2 Å². The van der Waals surface area contributed by atoms with Crippen molar-refractivity contribution in [2.75, 3.05) is 6.61 Å². The molecule has 1 aliphatic rings. The zero-order chi connectivity index (χ0) is 15.7. The third-order valence-corrected chi connectivity index (χ3v) is 5.15. The lowest BCUT2D eigenvalue weighted by Crippen LogP contribution is -2.54. The largest absolute Gasteiger partial charge is 0.434 e. The van der Waals surface area contributed by atoms with E-state index in [4.69, 9.17) is 0 Å². The Kier molecular flexibility index (Phi) is 4.95. The van der Waals surface area contributed by atoms with Crippen molar-refractivity contribution in [3.8, 4) is 0 Å². The molecule has 1 unspecified atom stereocenters. The molecule has 1 atom stereocenters. The molecule has 0 saturated heterocycles. The van der Waals surface area contributed by atoms with Crippen molar-refractivity contribution in [2.24, 2.45) is 11.3 Å². The molecule has 2 rings (SSSR count). The van der Waals surface area contributed by atoms with Crippen molar-refractivity contribution in [1.29, 1.82) is 0 Å². The predicted molar refractivity (Wildman–Crippen MR) is 76.0 cm³/mol. The van der Waals surface area contributed by atoms with Gasteiger partial charge in [0, 0.05) is 23.4 Å². The average Bonchev–Trinajstić information content (AvgIpc) is 2.80. The maximum atomic E-state index is 12.5. The number of hydrogen-bond donors (Lipinski definition) is 2. The molecule has 21 heavy (non-hydrogen) atoms. The highest BCUT2D eigenvalue weighted by atomic mass is 32.1. The molecular weight excluding hydrogens is 301 g/mol. The molecular formula is C14H21F3N2OS. The van der Waals surface area contributed by atoms with Crippen LogP contribution in [0.5, 0.6) is 0 Å². The number of hydrogen-bond acceptors (Lipinski definition) is 4. The Balaban J connectivity index is 2.01. The van der Waals surface area contributed by atoms with Gasteiger partial charge < -0.3 is 10.4 Å². The highest BCUT2D eigenvalue weighted by molar-refractivity contribution is 7.09. The summed E-state index contributed by atoms with van der Waals surface area (Å²) in [5.41, 5.74) is -0.955. The molecule has 1 aliphatic carbocycles. The topological polar surface area (TPSA) is 45.2 Å². The highest BCUT2D eigenvalue weighted by Gasteiger charge is 2.44. The first-order valence-corrected chi connectivity index (χ1v) is 8.02. The minimum atomic E-state index is -4.38. The molecule has 120 valence electrons. The van der Waals surface area contributed by atoms with E-state index in [1.807, 2.05) is 0 Å². The first kappa shape index (κ1) is 16.7. The van der Waals surface area contributed by atoms with E-state index in [1.165, 1.54) is 0 Å². The molecule has 0 bridgehead atoms. The standard InChI is InChI=1S/C14H21F3N2OS/c1-9(2)12(13(8-20)4-3-5-13)18-6-11-19-10(7-21-11)14(15,16)17/h7,9,12,18,20H,3-6,8H2,1-2H3. The van der Waals surface area contributed by atoms with Gasteiger partial charge in [-0.25, -0.2) is 4.98 Å². The molecule has 0 aliphatic heterocycles. The fourth-order valence-electron chi connectivity index (χ4n) is 3.08. The SMILES string of the molecule is CC(C)C(NCc1nc(C(F)(F)F)cs1)C1(CO)CCC1. The van der Waals surface area contributed by atoms with Gasteiger partial charge in [-0.15, -0.1) is 11.3 Å². The van der Waals surface area contributed by atoms with Crippen molar-refractivity contribution in [2.45, 2.75) is 51.9 Å². The Morgan fingerprint density at radius 2 is 2.10 bits per heavy atom. The van der Waals surface area contributed by atoms with Crippen LogP contribution in [0.25, 0.3) is 0 Å². The van der Waals surface area contributed by atoms with Gasteiger partial charge in [0.2, 0.25) is 0 Å². The number of nitrogens with one attached hydrogen (secondary N) is 1. The number of thiazole rings is 1. The van der Waals surface area contributed by atoms with Crippen LogP contribution in [0.2, 0.25) is 0 Å². The van der Waals surface area contributed by atoms with Gasteiger partial charge in [0.1, 0.15) is 5.01 Å². The number of rotatable bonds is 6. The van der Waals surface area contributed by atoms with E-state index in [2.05, 4.69) is 24.1 Å². The van der Waals surface area contributed by atoms with E-state index in [0.717, 1.165) is 36.0 Å². The first-order chi connectivity index (χ1) is 9.78. The maximum absolute atomic E-state index is 12.5. The van der Waals surface area contributed by atoms with Crippen LogP contribution in [0.1, 0.15) is 43.8 Å². The summed E-state index contributed by atoms with van der Waals surface area (Å²) < 4.78 is 37.6. The minimum Gasteiger partial charge on any atom is -0.396 e. The molecule has 1 aromatic heterocycles. The first-order valence-electron chi connectivity index (χ1n) is 7.14. The Bertz CT molecular complexity index is 464. The molecule has 0 amide bonds. The summed E-state index contributed by atoms with van der Waals surface area (Å²) in [4.78, 5) is 3.63. The van der Waals surface area contributed by atoms with Crippen LogP contribution >= 0.6 is 11.3 Å². The van der Waals surface area contributed by atoms with Crippen LogP contribution < -0.4 is 5.32 Å². The fourth-order valence-corrected chi connectivity index (χ4v) is 3.83. The molecule has 7 heteroatoms. The predicted octanol–water partition coefficient (Wildman–Crippen LogP) is 3.44. The lowest BCUT2D eigenvalue weighted by Gasteiger charge is -2.48. The van der Waals surface area contributed by atoms with Crippen LogP contribution in [0.15, 0.2) is 5.38 Å². The van der Waals surface area contributed by atoms with Gasteiger partial charge in [-0.3, -0.25) is 0 Å². The zero-order valence-corrected chi connectivity index (χ0v) is 13.0. The lowest BCUT2D eigenvalue weighted by molar-refractivity contribution is -0.140. The van der Waals surface area contributed by atoms with E-state index < -0.39 is 11.9 Å². The van der Waals surface area contributed by atoms with Crippen molar-refractivity contribution < 1.29 is 18.3 Å². The smallest absolute Gasteiger partial charge is 0.396 e. The van der Waals surface area contributed by atoms with Gasteiger partial charge in [0.25, 0.3) is 0 Å². The number of aliphatic hydroxyl groups excluding tert-OH is 1. The molecule has 0 radical (unpaired) electrons. The second-order valence-electron chi connectivity index (χ2n) is 6.10. The normalized spacial score (nSPS) is 19.6. The third kappa shape index (κ3) is 3.57. The van der Waals surface area contributed by atoms with Crippen LogP contribution in [0, 0.1) is 11.3 Å². The minimum absolute atomic E-state index is 0.0921. The zero-order valence-electron chi connectivity index (χ0n) is 12.2. The van der Waals surface area contributed by atoms with E-state index in [1.54, 1.807) is 0 Å². The Morgan fingerprint density at radius 1 is 1.43 bits per heavy atom. The quantitative estimate of drug-likeness (QED) is 0.843. The summed E-state index contributed by atoms with van der Waals surface area (Å²) >= 11 is 1.02. The molecule has 1 heterocycles. The van der Waals surface area contributed by atoms with Gasteiger partial charge in [-0.1, -0.05) is 20.3 Å². The molecule has 1 fully saturated rings. The highest BCUT2D eigenvalue weighted by Crippen LogP contribution is 2.45. The molecule has 2 N–H and O–H groups in total. The summed E-state index contributed by atoms with van der Waals surface area (Å²) in [6.07, 6.45) is -1.36. The van der Waals surface area contributed by atoms with Crippen molar-refractivity contribution in [3.63, 3.8) is 0 Å². The van der Waals surface area contributed by atoms with Crippen LogP contribution in [0.4, 0.5) is 13.2 Å². The summed E-state index contributed by atoms with van der Waals surface area (Å²) in [5, 5.41) is 14.5. The molecule has 3 nitrogen and oxygen atoms in total. The number of halogens is 3. The van der Waals surface area contributed by atoms with Crippen molar-refractivity contribution in [3.05, 3.63) is 16.1 Å². The van der Waals surface area contributed by atoms with Crippen LogP contribution in [-0.2, 0) is 12.7 Å². The summed E-state index contributed by atoms with van der Waals surface area (Å²) in [6, 6.07) is 0.0921. The Labute approximate surface area is 126 Å². The lowest BCUT2D eigenvalue weighted by atomic mass is 9.62. The Morgan fingerprint density at radius 3 is 2.48 bits per heavy atom. The fraction of sp³-hybridized carbons (Fsp3) is 0.786. The van der Waals surface area contributed by atoms with Gasteiger partial charge in [-0.05, 0) is 18.8 Å². The summed E-state index contributed by atoms with van der Waals surface area (Å²) in [7, 11) is 0. The molecule has 0 aromatic carbocycles. The second kappa shape index (κ2) is 6.22. The maximum Gasteiger partial charge on any atom is 0.434 e. The van der Waals surface area contributed by atoms with E-state index in [-0.39, 0.29) is 18.1 Å². The molecule has 1 aromatic rings. The van der Waals surface area contributed by atoms with Crippen LogP contribution in [-0.4, -0.2) is 22.7 Å². The van der Waals surface area contributed by atoms with E-state index in [9.17, 15) is 18.3 Å². The number of aromatic nitrogens is 1. The second-order valence-corrected chi connectivity index (χ2v) is 7.04. The third-order valence-electron chi connectivity index (χ3n) is 4.31. The van der Waals surface area contributed by atoms with E-state index >= 15 is 0 Å². The molecule has 0 spiro atoms. The Hall–Kier alpha value is -0.660. The monoisotopic (exact) mass is 322 g/mol. The summed E-state index contributed by atoms with van der Waals surface area (Å²) in [6.45, 7) is 4.56. The number of nitrogens with zero attached hydrogens (tertiary/aromatic N) is 1. The average molecular weight is 322 g/mol. The number of alkyl halides is 3. The molecule has 1 saturated carbocycles. The van der Waals surface area contributed by atoms with Gasteiger partial charge in [0.05, 0.1) is 6.61 Å². The van der Waals surface area contributed by atoms with E-state index in [0.29, 0.717) is 17.5 Å². The van der Waals surface area contributed by atoms with Crippen molar-refractivity contribution in [1.82, 2.24) is 10.3 Å². The van der Waals surface area contributed by atoms with Crippen molar-refractivity contribution >= 4 is 11.3 Å². The van der Waals surface area contributed by atoms with Gasteiger partial charge >= 0.3 is 6.18 Å². The van der Waals surface area contributed by atoms with Gasteiger partial charge in [0.15, 0.2) is 5.69 Å². The van der Waals surface area contributed by atoms with Crippen LogP contribution in [0.3, 0.4) is 0 Å². The summed E-state index contributed by atoms with van der Waals surface area (Å²) in [5.74, 6) is 0.305. The number of aliphatic hydroxyl groups is 1.